The molecule has 0 saturated carbocycles. The monoisotopic (exact) mass is 142 g/mol. The molecule has 1 saturated heterocycles. The molecule has 1 fully saturated rings. The van der Waals surface area contributed by atoms with Gasteiger partial charge in [-0.3, -0.25) is 4.90 Å². The van der Waals surface area contributed by atoms with E-state index in [0.717, 1.165) is 19.1 Å². The largest absolute Gasteiger partial charge is 0.325 e. The first-order valence-corrected chi connectivity index (χ1v) is 4.23. The summed E-state index contributed by atoms with van der Waals surface area (Å²) in [5.74, 6) is 0. The number of rotatable bonds is 3. The summed E-state index contributed by atoms with van der Waals surface area (Å²) >= 11 is 0. The Morgan fingerprint density at radius 2 is 2.20 bits per heavy atom. The van der Waals surface area contributed by atoms with Gasteiger partial charge in [-0.05, 0) is 13.3 Å². The highest BCUT2D eigenvalue weighted by Gasteiger charge is 2.26. The molecule has 1 heterocycles. The van der Waals surface area contributed by atoms with Gasteiger partial charge in [0.15, 0.2) is 0 Å². The van der Waals surface area contributed by atoms with Crippen LogP contribution in [-0.4, -0.2) is 30.1 Å². The summed E-state index contributed by atoms with van der Waals surface area (Å²) in [5.41, 5.74) is 5.66. The molecule has 60 valence electrons. The minimum atomic E-state index is 0.458. The Balaban J connectivity index is 2.11. The molecule has 10 heavy (non-hydrogen) atoms. The molecule has 1 atom stereocenters. The molecule has 2 N–H and O–H groups in total. The average Bonchev–Trinajstić information content (AvgIpc) is 1.82. The van der Waals surface area contributed by atoms with E-state index >= 15 is 0 Å². The Morgan fingerprint density at radius 3 is 2.60 bits per heavy atom. The summed E-state index contributed by atoms with van der Waals surface area (Å²) in [6.07, 6.45) is 2.60. The molecular weight excluding hydrogens is 124 g/mol. The minimum Gasteiger partial charge on any atom is -0.325 e. The second-order valence-corrected chi connectivity index (χ2v) is 3.35. The van der Waals surface area contributed by atoms with Crippen molar-refractivity contribution in [3.8, 4) is 0 Å². The van der Waals surface area contributed by atoms with Crippen LogP contribution in [0, 0.1) is 0 Å². The van der Waals surface area contributed by atoms with E-state index in [1.165, 1.54) is 12.8 Å². The lowest BCUT2D eigenvalue weighted by Crippen LogP contribution is -2.58. The van der Waals surface area contributed by atoms with Crippen LogP contribution in [0.25, 0.3) is 0 Å². The van der Waals surface area contributed by atoms with Crippen LogP contribution in [-0.2, 0) is 0 Å². The van der Waals surface area contributed by atoms with Gasteiger partial charge in [-0.2, -0.15) is 0 Å². The number of hydrogen-bond acceptors (Lipinski definition) is 2. The van der Waals surface area contributed by atoms with Gasteiger partial charge in [-0.1, -0.05) is 13.3 Å². The van der Waals surface area contributed by atoms with Gasteiger partial charge in [0.05, 0.1) is 0 Å². The van der Waals surface area contributed by atoms with E-state index in [-0.39, 0.29) is 0 Å². The fraction of sp³-hybridized carbons (Fsp3) is 1.00. The van der Waals surface area contributed by atoms with Gasteiger partial charge >= 0.3 is 0 Å². The zero-order chi connectivity index (χ0) is 7.56. The zero-order valence-corrected chi connectivity index (χ0v) is 7.01. The van der Waals surface area contributed by atoms with E-state index in [9.17, 15) is 0 Å². The summed E-state index contributed by atoms with van der Waals surface area (Å²) in [6.45, 7) is 6.74. The molecule has 0 amide bonds. The first-order chi connectivity index (χ1) is 4.74. The van der Waals surface area contributed by atoms with Crippen molar-refractivity contribution >= 4 is 0 Å². The lowest BCUT2D eigenvalue weighted by Gasteiger charge is -2.41. The van der Waals surface area contributed by atoms with E-state index in [1.807, 2.05) is 0 Å². The first-order valence-electron chi connectivity index (χ1n) is 4.23. The van der Waals surface area contributed by atoms with Crippen LogP contribution < -0.4 is 5.73 Å². The summed E-state index contributed by atoms with van der Waals surface area (Å²) in [5, 5.41) is 0. The minimum absolute atomic E-state index is 0.458. The lowest BCUT2D eigenvalue weighted by atomic mass is 10.0. The fourth-order valence-electron chi connectivity index (χ4n) is 1.51. The van der Waals surface area contributed by atoms with E-state index in [2.05, 4.69) is 18.7 Å². The molecule has 2 heteroatoms. The molecule has 2 nitrogen and oxygen atoms in total. The Labute approximate surface area is 63.4 Å². The third-order valence-corrected chi connectivity index (χ3v) is 2.27. The summed E-state index contributed by atoms with van der Waals surface area (Å²) < 4.78 is 0. The molecule has 0 aliphatic carbocycles. The second kappa shape index (κ2) is 3.35. The van der Waals surface area contributed by atoms with Crippen LogP contribution in [0.4, 0.5) is 0 Å². The van der Waals surface area contributed by atoms with Crippen molar-refractivity contribution in [3.05, 3.63) is 0 Å². The molecule has 0 aromatic rings. The van der Waals surface area contributed by atoms with Crippen molar-refractivity contribution in [1.82, 2.24) is 4.90 Å². The molecule has 1 rings (SSSR count). The smallest absolute Gasteiger partial charge is 0.0297 e. The van der Waals surface area contributed by atoms with E-state index < -0.39 is 0 Å². The average molecular weight is 142 g/mol. The summed E-state index contributed by atoms with van der Waals surface area (Å²) in [4.78, 5) is 2.45. The predicted molar refractivity (Wildman–Crippen MR) is 43.9 cm³/mol. The Bertz CT molecular complexity index is 94.7. The van der Waals surface area contributed by atoms with E-state index in [0.29, 0.717) is 6.04 Å². The van der Waals surface area contributed by atoms with E-state index in [4.69, 9.17) is 5.73 Å². The molecule has 0 bridgehead atoms. The molecular formula is C8H18N2. The number of likely N-dealkylation sites (tertiary alicyclic amines) is 1. The molecule has 1 unspecified atom stereocenters. The van der Waals surface area contributed by atoms with Gasteiger partial charge in [-0.15, -0.1) is 0 Å². The van der Waals surface area contributed by atoms with Crippen LogP contribution in [0.15, 0.2) is 0 Å². The van der Waals surface area contributed by atoms with Gasteiger partial charge < -0.3 is 5.73 Å². The molecule has 1 aliphatic heterocycles. The summed E-state index contributed by atoms with van der Waals surface area (Å²) in [6, 6.07) is 1.21. The molecule has 0 spiro atoms. The lowest BCUT2D eigenvalue weighted by molar-refractivity contribution is 0.0978. The highest BCUT2D eigenvalue weighted by Crippen LogP contribution is 2.13. The molecule has 0 aromatic heterocycles. The Morgan fingerprint density at radius 1 is 1.60 bits per heavy atom. The number of nitrogens with zero attached hydrogens (tertiary/aromatic N) is 1. The predicted octanol–water partition coefficient (Wildman–Crippen LogP) is 0.818. The zero-order valence-electron chi connectivity index (χ0n) is 7.01. The normalized spacial score (nSPS) is 24.3. The standard InChI is InChI=1S/C8H18N2/c1-3-4-7(2)10-5-8(9)6-10/h7-8H,3-6,9H2,1-2H3. The maximum Gasteiger partial charge on any atom is 0.0297 e. The van der Waals surface area contributed by atoms with Crippen molar-refractivity contribution in [1.29, 1.82) is 0 Å². The Hall–Kier alpha value is -0.0800. The highest BCUT2D eigenvalue weighted by molar-refractivity contribution is 4.85. The van der Waals surface area contributed by atoms with Crippen LogP contribution in [0.2, 0.25) is 0 Å². The van der Waals surface area contributed by atoms with Crippen molar-refractivity contribution in [3.63, 3.8) is 0 Å². The van der Waals surface area contributed by atoms with Gasteiger partial charge in [0, 0.05) is 25.2 Å². The van der Waals surface area contributed by atoms with Crippen molar-refractivity contribution in [2.45, 2.75) is 38.8 Å². The quantitative estimate of drug-likeness (QED) is 0.632. The van der Waals surface area contributed by atoms with Crippen LogP contribution in [0.5, 0.6) is 0 Å². The van der Waals surface area contributed by atoms with Crippen molar-refractivity contribution < 1.29 is 0 Å². The molecule has 1 aliphatic rings. The van der Waals surface area contributed by atoms with Crippen LogP contribution in [0.3, 0.4) is 0 Å². The van der Waals surface area contributed by atoms with Gasteiger partial charge in [-0.25, -0.2) is 0 Å². The van der Waals surface area contributed by atoms with Gasteiger partial charge in [0.25, 0.3) is 0 Å². The van der Waals surface area contributed by atoms with Crippen LogP contribution >= 0.6 is 0 Å². The number of hydrogen-bond donors (Lipinski definition) is 1. The van der Waals surface area contributed by atoms with Crippen LogP contribution in [0.1, 0.15) is 26.7 Å². The molecule has 0 radical (unpaired) electrons. The first kappa shape index (κ1) is 8.02. The molecule has 0 aromatic carbocycles. The van der Waals surface area contributed by atoms with Crippen molar-refractivity contribution in [2.24, 2.45) is 5.73 Å². The van der Waals surface area contributed by atoms with Crippen molar-refractivity contribution in [2.75, 3.05) is 13.1 Å². The maximum absolute atomic E-state index is 5.66. The Kier molecular flexibility index (Phi) is 2.69. The third-order valence-electron chi connectivity index (χ3n) is 2.27. The number of nitrogens with two attached hydrogens (primary N) is 1. The topological polar surface area (TPSA) is 29.3 Å². The third kappa shape index (κ3) is 1.70. The second-order valence-electron chi connectivity index (χ2n) is 3.35. The summed E-state index contributed by atoms with van der Waals surface area (Å²) in [7, 11) is 0. The van der Waals surface area contributed by atoms with Gasteiger partial charge in [0.2, 0.25) is 0 Å². The maximum atomic E-state index is 5.66. The fourth-order valence-corrected chi connectivity index (χ4v) is 1.51. The SMILES string of the molecule is CCCC(C)N1CC(N)C1. The van der Waals surface area contributed by atoms with Gasteiger partial charge in [0.1, 0.15) is 0 Å². The van der Waals surface area contributed by atoms with E-state index in [1.54, 1.807) is 0 Å². The highest BCUT2D eigenvalue weighted by atomic mass is 15.2.